The molecule has 0 unspecified atom stereocenters. The maximum atomic E-state index is 5.58. The van der Waals surface area contributed by atoms with Crippen LogP contribution in [0.3, 0.4) is 0 Å². The Morgan fingerprint density at radius 1 is 1.17 bits per heavy atom. The molecular weight excluding hydrogens is 193 g/mol. The van der Waals surface area contributed by atoms with Gasteiger partial charge in [0.05, 0.1) is 10.0 Å². The van der Waals surface area contributed by atoms with Crippen LogP contribution in [0.2, 0.25) is 10.0 Å². The van der Waals surface area contributed by atoms with Gasteiger partial charge in [0, 0.05) is 0 Å². The van der Waals surface area contributed by atoms with Crippen LogP contribution in [0.1, 0.15) is 6.92 Å². The van der Waals surface area contributed by atoms with Crippen molar-refractivity contribution in [2.24, 2.45) is 0 Å². The van der Waals surface area contributed by atoms with Crippen molar-refractivity contribution in [1.82, 2.24) is 5.32 Å². The minimum atomic E-state index is 0.606. The van der Waals surface area contributed by atoms with Crippen molar-refractivity contribution in [3.8, 4) is 0 Å². The van der Waals surface area contributed by atoms with Gasteiger partial charge in [-0.3, -0.25) is 0 Å². The van der Waals surface area contributed by atoms with Gasteiger partial charge in [0.25, 0.3) is 0 Å². The summed E-state index contributed by atoms with van der Waals surface area (Å²) in [6.45, 7) is 3.14. The summed E-state index contributed by atoms with van der Waals surface area (Å²) in [6.07, 6.45) is 0. The molecule has 0 heterocycles. The standard InChI is InChI=1S/C6H4Cl2.C3H9N/c7-5-3-1-2-4-6(5)8;1-3-4-2/h1-4H;4H,3H2,1-2H3. The fourth-order valence-corrected chi connectivity index (χ4v) is 0.711. The van der Waals surface area contributed by atoms with Crippen LogP contribution in [0.4, 0.5) is 0 Å². The second kappa shape index (κ2) is 7.41. The minimum Gasteiger partial charge on any atom is -0.320 e. The highest BCUT2D eigenvalue weighted by Gasteiger charge is 1.89. The predicted molar refractivity (Wildman–Crippen MR) is 56.1 cm³/mol. The molecule has 0 aliphatic carbocycles. The zero-order valence-corrected chi connectivity index (χ0v) is 8.78. The molecule has 0 aromatic heterocycles. The lowest BCUT2D eigenvalue weighted by molar-refractivity contribution is 0.864. The molecule has 0 bridgehead atoms. The molecule has 12 heavy (non-hydrogen) atoms. The molecule has 1 N–H and O–H groups in total. The smallest absolute Gasteiger partial charge is 0.0592 e. The molecule has 1 aromatic rings. The molecule has 0 aliphatic rings. The normalized spacial score (nSPS) is 8.67. The fraction of sp³-hybridized carbons (Fsp3) is 0.333. The molecule has 68 valence electrons. The zero-order chi connectivity index (χ0) is 9.40. The first-order chi connectivity index (χ1) is 5.72. The first-order valence-electron chi connectivity index (χ1n) is 3.77. The van der Waals surface area contributed by atoms with E-state index in [1.807, 2.05) is 19.2 Å². The van der Waals surface area contributed by atoms with Crippen molar-refractivity contribution >= 4 is 23.2 Å². The van der Waals surface area contributed by atoms with Crippen LogP contribution in [0.15, 0.2) is 24.3 Å². The highest BCUT2D eigenvalue weighted by atomic mass is 35.5. The molecule has 1 nitrogen and oxygen atoms in total. The van der Waals surface area contributed by atoms with Crippen molar-refractivity contribution in [3.05, 3.63) is 34.3 Å². The second-order valence-corrected chi connectivity index (χ2v) is 2.94. The van der Waals surface area contributed by atoms with E-state index in [4.69, 9.17) is 23.2 Å². The van der Waals surface area contributed by atoms with Crippen LogP contribution in [0, 0.1) is 0 Å². The molecule has 0 atom stereocenters. The Morgan fingerprint density at radius 2 is 1.50 bits per heavy atom. The van der Waals surface area contributed by atoms with Crippen LogP contribution in [-0.2, 0) is 0 Å². The molecule has 0 saturated heterocycles. The number of rotatable bonds is 1. The van der Waals surface area contributed by atoms with Crippen molar-refractivity contribution in [2.75, 3.05) is 13.6 Å². The highest BCUT2D eigenvalue weighted by Crippen LogP contribution is 2.19. The molecule has 0 radical (unpaired) electrons. The monoisotopic (exact) mass is 205 g/mol. The summed E-state index contributed by atoms with van der Waals surface area (Å²) in [5.41, 5.74) is 0. The van der Waals surface area contributed by atoms with Gasteiger partial charge in [-0.05, 0) is 25.7 Å². The summed E-state index contributed by atoms with van der Waals surface area (Å²) in [5.74, 6) is 0. The SMILES string of the molecule is CCNC.Clc1ccccc1Cl. The molecule has 3 heteroatoms. The number of hydrogen-bond donors (Lipinski definition) is 1. The quantitative estimate of drug-likeness (QED) is 0.743. The topological polar surface area (TPSA) is 12.0 Å². The van der Waals surface area contributed by atoms with Gasteiger partial charge >= 0.3 is 0 Å². The maximum Gasteiger partial charge on any atom is 0.0592 e. The minimum absolute atomic E-state index is 0.606. The molecule has 0 amide bonds. The van der Waals surface area contributed by atoms with E-state index in [2.05, 4.69) is 12.2 Å². The summed E-state index contributed by atoms with van der Waals surface area (Å²) >= 11 is 11.2. The molecule has 0 spiro atoms. The van der Waals surface area contributed by atoms with Crippen molar-refractivity contribution in [1.29, 1.82) is 0 Å². The van der Waals surface area contributed by atoms with E-state index in [1.54, 1.807) is 12.1 Å². The molecule has 1 rings (SSSR count). The lowest BCUT2D eigenvalue weighted by Crippen LogP contribution is -2.01. The van der Waals surface area contributed by atoms with Gasteiger partial charge in [-0.2, -0.15) is 0 Å². The zero-order valence-electron chi connectivity index (χ0n) is 7.27. The number of benzene rings is 1. The molecule has 1 aromatic carbocycles. The highest BCUT2D eigenvalue weighted by molar-refractivity contribution is 6.41. The van der Waals surface area contributed by atoms with Gasteiger partial charge in [0.1, 0.15) is 0 Å². The maximum absolute atomic E-state index is 5.58. The molecule has 0 fully saturated rings. The lowest BCUT2D eigenvalue weighted by Gasteiger charge is -1.88. The van der Waals surface area contributed by atoms with E-state index in [1.165, 1.54) is 0 Å². The summed E-state index contributed by atoms with van der Waals surface area (Å²) in [5, 5.41) is 4.14. The van der Waals surface area contributed by atoms with Crippen molar-refractivity contribution in [3.63, 3.8) is 0 Å². The van der Waals surface area contributed by atoms with E-state index < -0.39 is 0 Å². The van der Waals surface area contributed by atoms with Crippen molar-refractivity contribution < 1.29 is 0 Å². The largest absolute Gasteiger partial charge is 0.320 e. The van der Waals surface area contributed by atoms with E-state index >= 15 is 0 Å². The van der Waals surface area contributed by atoms with Gasteiger partial charge < -0.3 is 5.32 Å². The van der Waals surface area contributed by atoms with Gasteiger partial charge in [-0.25, -0.2) is 0 Å². The third-order valence-electron chi connectivity index (χ3n) is 1.18. The second-order valence-electron chi connectivity index (χ2n) is 2.12. The molecule has 0 aliphatic heterocycles. The Hall–Kier alpha value is -0.240. The Balaban J connectivity index is 0.000000261. The number of halogens is 2. The predicted octanol–water partition coefficient (Wildman–Crippen LogP) is 3.22. The Morgan fingerprint density at radius 3 is 1.67 bits per heavy atom. The Labute approximate surface area is 83.7 Å². The first-order valence-corrected chi connectivity index (χ1v) is 4.52. The Kier molecular flexibility index (Phi) is 7.26. The fourth-order valence-electron chi connectivity index (χ4n) is 0.439. The average Bonchev–Trinajstić information content (AvgIpc) is 2.11. The van der Waals surface area contributed by atoms with Crippen LogP contribution in [-0.4, -0.2) is 13.6 Å². The summed E-state index contributed by atoms with van der Waals surface area (Å²) < 4.78 is 0. The molecule has 0 saturated carbocycles. The van der Waals surface area contributed by atoms with Gasteiger partial charge in [0.15, 0.2) is 0 Å². The third kappa shape index (κ3) is 5.42. The summed E-state index contributed by atoms with van der Waals surface area (Å²) in [7, 11) is 1.93. The van der Waals surface area contributed by atoms with Crippen molar-refractivity contribution in [2.45, 2.75) is 6.92 Å². The van der Waals surface area contributed by atoms with Gasteiger partial charge in [0.2, 0.25) is 0 Å². The van der Waals surface area contributed by atoms with Crippen LogP contribution >= 0.6 is 23.2 Å². The van der Waals surface area contributed by atoms with E-state index in [0.29, 0.717) is 10.0 Å². The molecular formula is C9H13Cl2N. The third-order valence-corrected chi connectivity index (χ3v) is 1.93. The average molecular weight is 206 g/mol. The Bertz CT molecular complexity index is 190. The van der Waals surface area contributed by atoms with Gasteiger partial charge in [-0.15, -0.1) is 0 Å². The van der Waals surface area contributed by atoms with E-state index in [9.17, 15) is 0 Å². The van der Waals surface area contributed by atoms with Crippen LogP contribution in [0.25, 0.3) is 0 Å². The number of nitrogens with one attached hydrogen (secondary N) is 1. The summed E-state index contributed by atoms with van der Waals surface area (Å²) in [6, 6.07) is 7.19. The van der Waals surface area contributed by atoms with Gasteiger partial charge in [-0.1, -0.05) is 42.3 Å². The van der Waals surface area contributed by atoms with E-state index in [0.717, 1.165) is 6.54 Å². The first kappa shape index (κ1) is 11.8. The van der Waals surface area contributed by atoms with Crippen LogP contribution < -0.4 is 5.32 Å². The summed E-state index contributed by atoms with van der Waals surface area (Å²) in [4.78, 5) is 0. The lowest BCUT2D eigenvalue weighted by atomic mass is 10.4. The van der Waals surface area contributed by atoms with Crippen LogP contribution in [0.5, 0.6) is 0 Å². The number of hydrogen-bond acceptors (Lipinski definition) is 1. The van der Waals surface area contributed by atoms with E-state index in [-0.39, 0.29) is 0 Å².